The Morgan fingerprint density at radius 1 is 0.972 bits per heavy atom. The number of pyridine rings is 1. The first-order valence-corrected chi connectivity index (χ1v) is 12.1. The Kier molecular flexibility index (Phi) is 6.29. The van der Waals surface area contributed by atoms with E-state index < -0.39 is 0 Å². The zero-order chi connectivity index (χ0) is 25.1. The third-order valence-electron chi connectivity index (χ3n) is 6.24. The van der Waals surface area contributed by atoms with Gasteiger partial charge in [-0.05, 0) is 66.4 Å². The minimum absolute atomic E-state index is 0.139. The highest BCUT2D eigenvalue weighted by molar-refractivity contribution is 6.07. The minimum atomic E-state index is -0.265. The third-order valence-corrected chi connectivity index (χ3v) is 6.24. The molecule has 0 radical (unpaired) electrons. The predicted octanol–water partition coefficient (Wildman–Crippen LogP) is 6.74. The van der Waals surface area contributed by atoms with E-state index in [4.69, 9.17) is 0 Å². The maximum absolute atomic E-state index is 13.6. The lowest BCUT2D eigenvalue weighted by Gasteiger charge is -2.21. The highest BCUT2D eigenvalue weighted by Crippen LogP contribution is 2.30. The number of anilines is 3. The van der Waals surface area contributed by atoms with Gasteiger partial charge in [-0.1, -0.05) is 39.0 Å². The van der Waals surface area contributed by atoms with Crippen LogP contribution in [0.1, 0.15) is 37.6 Å². The molecular formula is C29H30N6O. The first-order valence-electron chi connectivity index (χ1n) is 12.1. The van der Waals surface area contributed by atoms with Crippen LogP contribution in [0, 0.1) is 0 Å². The lowest BCUT2D eigenvalue weighted by molar-refractivity contribution is 0.259. The Morgan fingerprint density at radius 3 is 2.47 bits per heavy atom. The molecule has 5 rings (SSSR count). The maximum Gasteiger partial charge on any atom is 0.332 e. The fourth-order valence-corrected chi connectivity index (χ4v) is 4.22. The van der Waals surface area contributed by atoms with Crippen LogP contribution in [-0.4, -0.2) is 26.2 Å². The van der Waals surface area contributed by atoms with Gasteiger partial charge in [-0.15, -0.1) is 0 Å². The molecule has 7 heteroatoms. The van der Waals surface area contributed by atoms with E-state index in [1.807, 2.05) is 85.3 Å². The number of aromatic nitrogens is 4. The van der Waals surface area contributed by atoms with Gasteiger partial charge in [-0.2, -0.15) is 5.10 Å². The second kappa shape index (κ2) is 9.70. The number of nitrogens with one attached hydrogen (secondary N) is 3. The smallest absolute Gasteiger partial charge is 0.332 e. The lowest BCUT2D eigenvalue weighted by atomic mass is 9.92. The molecule has 3 heterocycles. The van der Waals surface area contributed by atoms with Gasteiger partial charge in [0.15, 0.2) is 0 Å². The lowest BCUT2D eigenvalue weighted by Crippen LogP contribution is -2.31. The van der Waals surface area contributed by atoms with Gasteiger partial charge in [0.05, 0.1) is 11.4 Å². The monoisotopic (exact) mass is 478 g/mol. The summed E-state index contributed by atoms with van der Waals surface area (Å²) < 4.78 is 0. The van der Waals surface area contributed by atoms with Gasteiger partial charge >= 0.3 is 6.03 Å². The molecule has 0 aliphatic carbocycles. The van der Waals surface area contributed by atoms with Crippen molar-refractivity contribution in [2.45, 2.75) is 39.0 Å². The van der Waals surface area contributed by atoms with Crippen LogP contribution >= 0.6 is 0 Å². The molecule has 0 saturated carbocycles. The molecule has 0 saturated heterocycles. The van der Waals surface area contributed by atoms with Crippen molar-refractivity contribution in [3.05, 3.63) is 102 Å². The summed E-state index contributed by atoms with van der Waals surface area (Å²) in [6.45, 7) is 6.29. The molecule has 0 spiro atoms. The van der Waals surface area contributed by atoms with Gasteiger partial charge in [0.1, 0.15) is 5.82 Å². The molecule has 36 heavy (non-hydrogen) atoms. The normalized spacial score (nSPS) is 11.5. The highest BCUT2D eigenvalue weighted by atomic mass is 16.2. The summed E-state index contributed by atoms with van der Waals surface area (Å²) in [7, 11) is 0. The van der Waals surface area contributed by atoms with E-state index in [1.165, 1.54) is 11.1 Å². The van der Waals surface area contributed by atoms with E-state index in [9.17, 15) is 4.79 Å². The number of urea groups is 1. The van der Waals surface area contributed by atoms with Crippen LogP contribution in [0.25, 0.3) is 10.9 Å². The van der Waals surface area contributed by atoms with E-state index in [-0.39, 0.29) is 11.4 Å². The summed E-state index contributed by atoms with van der Waals surface area (Å²) >= 11 is 0. The molecule has 0 unspecified atom stereocenters. The molecule has 5 aromatic rings. The fraction of sp³-hybridized carbons (Fsp3) is 0.207. The predicted molar refractivity (Wildman–Crippen MR) is 145 cm³/mol. The van der Waals surface area contributed by atoms with E-state index in [0.717, 1.165) is 40.8 Å². The molecule has 7 nitrogen and oxygen atoms in total. The van der Waals surface area contributed by atoms with E-state index in [2.05, 4.69) is 46.3 Å². The number of aromatic amines is 2. The quantitative estimate of drug-likeness (QED) is 0.252. The SMILES string of the molecule is CC(C)(C)c1cc(N(C(=O)Nc2ccc3[nH]cc(CCc4ccncc4)c3c2)c2ccccc2)[nH]n1. The number of rotatable bonds is 6. The molecule has 0 fully saturated rings. The van der Waals surface area contributed by atoms with Crippen molar-refractivity contribution in [2.24, 2.45) is 0 Å². The van der Waals surface area contributed by atoms with E-state index in [0.29, 0.717) is 5.82 Å². The average Bonchev–Trinajstić information content (AvgIpc) is 3.52. The number of para-hydroxylation sites is 1. The molecule has 0 aliphatic heterocycles. The molecule has 2 aromatic carbocycles. The topological polar surface area (TPSA) is 89.7 Å². The zero-order valence-corrected chi connectivity index (χ0v) is 20.7. The Labute approximate surface area is 210 Å². The minimum Gasteiger partial charge on any atom is -0.361 e. The van der Waals surface area contributed by atoms with Crippen molar-refractivity contribution >= 4 is 34.1 Å². The second-order valence-corrected chi connectivity index (χ2v) is 9.92. The Bertz CT molecular complexity index is 1460. The van der Waals surface area contributed by atoms with Crippen LogP contribution in [0.4, 0.5) is 22.0 Å². The second-order valence-electron chi connectivity index (χ2n) is 9.92. The van der Waals surface area contributed by atoms with E-state index >= 15 is 0 Å². The standard InChI is InChI=1S/C29H30N6O/c1-29(2,3)26-18-27(34-33-26)35(23-7-5-4-6-8-23)28(36)32-22-11-12-25-24(17-22)21(19-31-25)10-9-20-13-15-30-16-14-20/h4-8,11-19,31H,9-10H2,1-3H3,(H,32,36)(H,33,34). The van der Waals surface area contributed by atoms with Crippen molar-refractivity contribution in [2.75, 3.05) is 10.2 Å². The zero-order valence-electron chi connectivity index (χ0n) is 20.7. The van der Waals surface area contributed by atoms with Gasteiger partial charge in [-0.3, -0.25) is 10.1 Å². The molecule has 3 N–H and O–H groups in total. The number of carbonyl (C=O) groups is 1. The van der Waals surface area contributed by atoms with Crippen LogP contribution < -0.4 is 10.2 Å². The number of hydrogen-bond donors (Lipinski definition) is 3. The summed E-state index contributed by atoms with van der Waals surface area (Å²) in [6.07, 6.45) is 7.50. The highest BCUT2D eigenvalue weighted by Gasteiger charge is 2.24. The number of carbonyl (C=O) groups excluding carboxylic acids is 1. The molecule has 2 amide bonds. The van der Waals surface area contributed by atoms with Crippen LogP contribution in [0.2, 0.25) is 0 Å². The van der Waals surface area contributed by atoms with Gasteiger partial charge in [-0.25, -0.2) is 9.69 Å². The van der Waals surface area contributed by atoms with Crippen molar-refractivity contribution in [1.82, 2.24) is 20.2 Å². The van der Waals surface area contributed by atoms with Crippen LogP contribution in [0.5, 0.6) is 0 Å². The summed E-state index contributed by atoms with van der Waals surface area (Å²) in [5.74, 6) is 0.615. The van der Waals surface area contributed by atoms with Gasteiger partial charge in [0.25, 0.3) is 0 Å². The summed E-state index contributed by atoms with van der Waals surface area (Å²) in [6, 6.07) is 21.3. The van der Waals surface area contributed by atoms with Crippen LogP contribution in [-0.2, 0) is 18.3 Å². The van der Waals surface area contributed by atoms with Crippen molar-refractivity contribution in [3.8, 4) is 0 Å². The van der Waals surface area contributed by atoms with Crippen molar-refractivity contribution in [1.29, 1.82) is 0 Å². The van der Waals surface area contributed by atoms with Crippen molar-refractivity contribution in [3.63, 3.8) is 0 Å². The first-order chi connectivity index (χ1) is 17.4. The molecular weight excluding hydrogens is 448 g/mol. The molecule has 0 aliphatic rings. The molecule has 0 bridgehead atoms. The summed E-state index contributed by atoms with van der Waals surface area (Å²) in [5, 5.41) is 11.7. The Hall–Kier alpha value is -4.39. The molecule has 3 aromatic heterocycles. The summed E-state index contributed by atoms with van der Waals surface area (Å²) in [5.41, 5.74) is 5.73. The molecule has 182 valence electrons. The number of H-pyrrole nitrogens is 2. The third kappa shape index (κ3) is 5.00. The van der Waals surface area contributed by atoms with Gasteiger partial charge < -0.3 is 10.3 Å². The van der Waals surface area contributed by atoms with Crippen LogP contribution in [0.3, 0.4) is 0 Å². The number of aryl methyl sites for hydroxylation is 2. The number of hydrogen-bond acceptors (Lipinski definition) is 3. The number of nitrogens with zero attached hydrogens (tertiary/aromatic N) is 3. The Morgan fingerprint density at radius 2 is 1.75 bits per heavy atom. The number of fused-ring (bicyclic) bond motifs is 1. The first kappa shape index (κ1) is 23.4. The van der Waals surface area contributed by atoms with Crippen molar-refractivity contribution < 1.29 is 4.79 Å². The van der Waals surface area contributed by atoms with E-state index in [1.54, 1.807) is 4.90 Å². The number of benzene rings is 2. The van der Waals surface area contributed by atoms with Gasteiger partial charge in [0, 0.05) is 46.7 Å². The maximum atomic E-state index is 13.6. The van der Waals surface area contributed by atoms with Crippen LogP contribution in [0.15, 0.2) is 85.3 Å². The Balaban J connectivity index is 1.41. The fourth-order valence-electron chi connectivity index (χ4n) is 4.22. The molecule has 0 atom stereocenters. The number of amides is 2. The summed E-state index contributed by atoms with van der Waals surface area (Å²) in [4.78, 5) is 22.7. The average molecular weight is 479 g/mol. The largest absolute Gasteiger partial charge is 0.361 e. The van der Waals surface area contributed by atoms with Gasteiger partial charge in [0.2, 0.25) is 0 Å².